The lowest BCUT2D eigenvalue weighted by molar-refractivity contribution is 0.0941. The van der Waals surface area contributed by atoms with Gasteiger partial charge in [0, 0.05) is 12.4 Å². The van der Waals surface area contributed by atoms with Crippen molar-refractivity contribution in [3.63, 3.8) is 0 Å². The maximum absolute atomic E-state index is 11.9. The minimum Gasteiger partial charge on any atom is -0.347 e. The molecule has 0 aliphatic carbocycles. The molecule has 3 aromatic rings. The summed E-state index contributed by atoms with van der Waals surface area (Å²) in [5.41, 5.74) is 1.63. The second-order valence-corrected chi connectivity index (χ2v) is 3.82. The average Bonchev–Trinajstić information content (AvgIpc) is 3.04. The van der Waals surface area contributed by atoms with Gasteiger partial charge in [-0.25, -0.2) is 9.97 Å². The van der Waals surface area contributed by atoms with Gasteiger partial charge in [0.1, 0.15) is 5.82 Å². The molecule has 0 unspecified atom stereocenters. The summed E-state index contributed by atoms with van der Waals surface area (Å²) < 4.78 is 0. The highest BCUT2D eigenvalue weighted by atomic mass is 16.2. The quantitative estimate of drug-likeness (QED) is 0.644. The number of aromatic amines is 2. The van der Waals surface area contributed by atoms with E-state index in [0.717, 1.165) is 11.0 Å². The van der Waals surface area contributed by atoms with E-state index in [1.165, 1.54) is 0 Å². The van der Waals surface area contributed by atoms with Crippen molar-refractivity contribution >= 4 is 16.9 Å². The first-order chi connectivity index (χ1) is 8.83. The van der Waals surface area contributed by atoms with Crippen molar-refractivity contribution in [3.8, 4) is 0 Å². The number of imidazole rings is 2. The Morgan fingerprint density at radius 2 is 2.22 bits per heavy atom. The van der Waals surface area contributed by atoms with E-state index in [2.05, 4.69) is 25.3 Å². The van der Waals surface area contributed by atoms with Gasteiger partial charge in [0.15, 0.2) is 5.82 Å². The summed E-state index contributed by atoms with van der Waals surface area (Å²) in [4.78, 5) is 26.0. The summed E-state index contributed by atoms with van der Waals surface area (Å²) in [7, 11) is 0. The van der Waals surface area contributed by atoms with Crippen LogP contribution in [0.4, 0.5) is 0 Å². The SMILES string of the molecule is O=C(NCc1ncc[nH]1)c1nc2ccccc2[nH]1. The highest BCUT2D eigenvalue weighted by molar-refractivity contribution is 5.94. The molecule has 0 aliphatic rings. The molecule has 0 radical (unpaired) electrons. The fraction of sp³-hybridized carbons (Fsp3) is 0.0833. The Balaban J connectivity index is 1.75. The Labute approximate surface area is 102 Å². The second kappa shape index (κ2) is 4.33. The largest absolute Gasteiger partial charge is 0.347 e. The van der Waals surface area contributed by atoms with Crippen LogP contribution in [0.1, 0.15) is 16.4 Å². The zero-order chi connectivity index (χ0) is 12.4. The van der Waals surface area contributed by atoms with E-state index >= 15 is 0 Å². The van der Waals surface area contributed by atoms with Gasteiger partial charge in [-0.2, -0.15) is 0 Å². The number of fused-ring (bicyclic) bond motifs is 1. The smallest absolute Gasteiger partial charge is 0.287 e. The molecule has 6 nitrogen and oxygen atoms in total. The van der Waals surface area contributed by atoms with Gasteiger partial charge in [0.2, 0.25) is 0 Å². The minimum atomic E-state index is -0.248. The van der Waals surface area contributed by atoms with Crippen LogP contribution in [0.5, 0.6) is 0 Å². The second-order valence-electron chi connectivity index (χ2n) is 3.82. The predicted molar refractivity (Wildman–Crippen MR) is 65.9 cm³/mol. The monoisotopic (exact) mass is 241 g/mol. The number of benzene rings is 1. The van der Waals surface area contributed by atoms with Gasteiger partial charge in [0.25, 0.3) is 5.91 Å². The summed E-state index contributed by atoms with van der Waals surface area (Å²) in [6.45, 7) is 0.350. The fourth-order valence-corrected chi connectivity index (χ4v) is 1.70. The predicted octanol–water partition coefficient (Wildman–Crippen LogP) is 1.22. The Hall–Kier alpha value is -2.63. The lowest BCUT2D eigenvalue weighted by atomic mass is 10.3. The van der Waals surface area contributed by atoms with Crippen LogP contribution >= 0.6 is 0 Å². The van der Waals surface area contributed by atoms with E-state index in [1.807, 2.05) is 24.3 Å². The molecule has 1 aromatic carbocycles. The third kappa shape index (κ3) is 1.95. The number of nitrogens with one attached hydrogen (secondary N) is 3. The Morgan fingerprint density at radius 1 is 1.33 bits per heavy atom. The molecule has 0 fully saturated rings. The molecule has 0 saturated heterocycles. The molecule has 0 aliphatic heterocycles. The van der Waals surface area contributed by atoms with Gasteiger partial charge in [-0.3, -0.25) is 4.79 Å². The van der Waals surface area contributed by atoms with Crippen LogP contribution in [0.25, 0.3) is 11.0 Å². The van der Waals surface area contributed by atoms with Crippen LogP contribution in [0.2, 0.25) is 0 Å². The molecule has 18 heavy (non-hydrogen) atoms. The van der Waals surface area contributed by atoms with Crippen molar-refractivity contribution < 1.29 is 4.79 Å². The van der Waals surface area contributed by atoms with Crippen LogP contribution in [0.3, 0.4) is 0 Å². The third-order valence-corrected chi connectivity index (χ3v) is 2.58. The van der Waals surface area contributed by atoms with Crippen LogP contribution in [-0.4, -0.2) is 25.8 Å². The van der Waals surface area contributed by atoms with E-state index in [-0.39, 0.29) is 5.91 Å². The molecule has 3 rings (SSSR count). The number of hydrogen-bond donors (Lipinski definition) is 3. The van der Waals surface area contributed by atoms with Crippen molar-refractivity contribution in [2.24, 2.45) is 0 Å². The number of carbonyl (C=O) groups excluding carboxylic acids is 1. The van der Waals surface area contributed by atoms with E-state index in [4.69, 9.17) is 0 Å². The summed E-state index contributed by atoms with van der Waals surface area (Å²) in [5, 5.41) is 2.74. The zero-order valence-electron chi connectivity index (χ0n) is 9.47. The third-order valence-electron chi connectivity index (χ3n) is 2.58. The van der Waals surface area contributed by atoms with E-state index in [1.54, 1.807) is 12.4 Å². The Bertz CT molecular complexity index is 638. The molecule has 0 bridgehead atoms. The van der Waals surface area contributed by atoms with Crippen molar-refractivity contribution in [2.45, 2.75) is 6.54 Å². The first-order valence-electron chi connectivity index (χ1n) is 5.54. The Kier molecular flexibility index (Phi) is 2.53. The minimum absolute atomic E-state index is 0.248. The van der Waals surface area contributed by atoms with Crippen LogP contribution in [-0.2, 0) is 6.54 Å². The molecular formula is C12H11N5O. The normalized spacial score (nSPS) is 10.7. The Morgan fingerprint density at radius 3 is 3.00 bits per heavy atom. The molecule has 3 N–H and O–H groups in total. The first-order valence-corrected chi connectivity index (χ1v) is 5.54. The first kappa shape index (κ1) is 10.5. The van der Waals surface area contributed by atoms with Gasteiger partial charge < -0.3 is 15.3 Å². The number of carbonyl (C=O) groups is 1. The molecule has 0 spiro atoms. The number of nitrogens with zero attached hydrogens (tertiary/aromatic N) is 2. The number of H-pyrrole nitrogens is 2. The fourth-order valence-electron chi connectivity index (χ4n) is 1.70. The summed E-state index contributed by atoms with van der Waals surface area (Å²) in [6.07, 6.45) is 3.35. The van der Waals surface area contributed by atoms with Crippen LogP contribution in [0.15, 0.2) is 36.7 Å². The topological polar surface area (TPSA) is 86.5 Å². The van der Waals surface area contributed by atoms with Crippen molar-refractivity contribution in [1.29, 1.82) is 0 Å². The van der Waals surface area contributed by atoms with E-state index in [9.17, 15) is 4.79 Å². The molecular weight excluding hydrogens is 230 g/mol. The molecule has 6 heteroatoms. The highest BCUT2D eigenvalue weighted by Gasteiger charge is 2.10. The average molecular weight is 241 g/mol. The van der Waals surface area contributed by atoms with Gasteiger partial charge in [0.05, 0.1) is 17.6 Å². The van der Waals surface area contributed by atoms with Crippen molar-refractivity contribution in [3.05, 3.63) is 48.3 Å². The lowest BCUT2D eigenvalue weighted by Crippen LogP contribution is -2.24. The summed E-state index contributed by atoms with van der Waals surface area (Å²) >= 11 is 0. The van der Waals surface area contributed by atoms with Crippen LogP contribution in [0, 0.1) is 0 Å². The maximum Gasteiger partial charge on any atom is 0.287 e. The van der Waals surface area contributed by atoms with Crippen molar-refractivity contribution in [2.75, 3.05) is 0 Å². The highest BCUT2D eigenvalue weighted by Crippen LogP contribution is 2.09. The zero-order valence-corrected chi connectivity index (χ0v) is 9.47. The molecule has 0 atom stereocenters. The number of para-hydroxylation sites is 2. The molecule has 90 valence electrons. The van der Waals surface area contributed by atoms with E-state index in [0.29, 0.717) is 18.2 Å². The summed E-state index contributed by atoms with van der Waals surface area (Å²) in [5.74, 6) is 0.768. The lowest BCUT2D eigenvalue weighted by Gasteiger charge is -1.99. The van der Waals surface area contributed by atoms with Gasteiger partial charge in [-0.1, -0.05) is 12.1 Å². The van der Waals surface area contributed by atoms with E-state index < -0.39 is 0 Å². The van der Waals surface area contributed by atoms with Gasteiger partial charge in [-0.15, -0.1) is 0 Å². The standard InChI is InChI=1S/C12H11N5O/c18-12(15-7-10-13-5-6-14-10)11-16-8-3-1-2-4-9(8)17-11/h1-6H,7H2,(H,13,14)(H,15,18)(H,16,17). The summed E-state index contributed by atoms with van der Waals surface area (Å²) in [6, 6.07) is 7.51. The number of rotatable bonds is 3. The van der Waals surface area contributed by atoms with Crippen LogP contribution < -0.4 is 5.32 Å². The molecule has 2 aromatic heterocycles. The van der Waals surface area contributed by atoms with Crippen molar-refractivity contribution in [1.82, 2.24) is 25.3 Å². The molecule has 1 amide bonds. The number of amides is 1. The maximum atomic E-state index is 11.9. The van der Waals surface area contributed by atoms with Gasteiger partial charge in [-0.05, 0) is 12.1 Å². The molecule has 2 heterocycles. The number of hydrogen-bond acceptors (Lipinski definition) is 3. The number of aromatic nitrogens is 4. The van der Waals surface area contributed by atoms with Gasteiger partial charge >= 0.3 is 0 Å². The molecule has 0 saturated carbocycles.